The molecule has 2 aromatic rings. The Morgan fingerprint density at radius 2 is 1.61 bits per heavy atom. The molecule has 0 N–H and O–H groups in total. The van der Waals surface area contributed by atoms with E-state index >= 15 is 0 Å². The van der Waals surface area contributed by atoms with Gasteiger partial charge in [-0.1, -0.05) is 71.9 Å². The lowest BCUT2D eigenvalue weighted by molar-refractivity contribution is 0.0735. The summed E-state index contributed by atoms with van der Waals surface area (Å²) < 4.78 is 2.00. The number of halogens is 1. The lowest BCUT2D eigenvalue weighted by Gasteiger charge is -2.21. The minimum atomic E-state index is -0.0213. The third-order valence-corrected chi connectivity index (χ3v) is 5.92. The Morgan fingerprint density at radius 1 is 0.893 bits per heavy atom. The predicted molar refractivity (Wildman–Crippen MR) is 116 cm³/mol. The highest BCUT2D eigenvalue weighted by atomic mass is 79.9. The van der Waals surface area contributed by atoms with Crippen molar-refractivity contribution in [2.45, 2.75) is 58.0 Å². The first kappa shape index (κ1) is 20.8. The van der Waals surface area contributed by atoms with Gasteiger partial charge in [0.15, 0.2) is 5.78 Å². The van der Waals surface area contributed by atoms with E-state index in [2.05, 4.69) is 15.9 Å². The molecule has 1 aliphatic rings. The highest BCUT2D eigenvalue weighted by molar-refractivity contribution is 9.09. The van der Waals surface area contributed by atoms with Crippen molar-refractivity contribution < 1.29 is 9.59 Å². The summed E-state index contributed by atoms with van der Waals surface area (Å²) in [5, 5.41) is 1.08. The maximum absolute atomic E-state index is 13.2. The average molecular weight is 445 g/mol. The highest BCUT2D eigenvalue weighted by Gasteiger charge is 2.29. The minimum absolute atomic E-state index is 0.0213. The third-order valence-electron chi connectivity index (χ3n) is 5.36. The number of unbranched alkanes of at least 4 members (excludes halogenated alkanes) is 5. The van der Waals surface area contributed by atoms with Gasteiger partial charge in [0.25, 0.3) is 5.91 Å². The summed E-state index contributed by atoms with van der Waals surface area (Å²) in [6.07, 6.45) is 9.49. The van der Waals surface area contributed by atoms with Crippen molar-refractivity contribution in [1.82, 2.24) is 9.47 Å². The molecule has 0 saturated heterocycles. The van der Waals surface area contributed by atoms with E-state index in [1.807, 2.05) is 52.1 Å². The van der Waals surface area contributed by atoms with Gasteiger partial charge < -0.3 is 9.47 Å². The van der Waals surface area contributed by atoms with E-state index < -0.39 is 0 Å². The maximum atomic E-state index is 13.2. The molecule has 0 saturated carbocycles. The van der Waals surface area contributed by atoms with Gasteiger partial charge in [-0.25, -0.2) is 0 Å². The summed E-state index contributed by atoms with van der Waals surface area (Å²) >= 11 is 3.47. The first-order valence-corrected chi connectivity index (χ1v) is 11.4. The van der Waals surface area contributed by atoms with Crippen LogP contribution >= 0.6 is 15.9 Å². The van der Waals surface area contributed by atoms with Crippen LogP contribution in [0.5, 0.6) is 0 Å². The summed E-state index contributed by atoms with van der Waals surface area (Å²) in [6.45, 7) is 1.83. The van der Waals surface area contributed by atoms with Crippen molar-refractivity contribution in [3.63, 3.8) is 0 Å². The normalized spacial score (nSPS) is 14.2. The number of fused-ring (bicyclic) bond motifs is 1. The second kappa shape index (κ2) is 10.6. The molecule has 1 aromatic heterocycles. The number of aryl methyl sites for hydroxylation is 1. The van der Waals surface area contributed by atoms with E-state index in [0.29, 0.717) is 30.8 Å². The van der Waals surface area contributed by atoms with Crippen molar-refractivity contribution in [2.24, 2.45) is 0 Å². The van der Waals surface area contributed by atoms with Gasteiger partial charge in [0.1, 0.15) is 5.69 Å². The van der Waals surface area contributed by atoms with Crippen LogP contribution < -0.4 is 0 Å². The number of nitrogens with zero attached hydrogens (tertiary/aromatic N) is 2. The molecule has 0 spiro atoms. The lowest BCUT2D eigenvalue weighted by atomic mass is 10.1. The van der Waals surface area contributed by atoms with Crippen molar-refractivity contribution in [3.8, 4) is 0 Å². The number of carbonyl (C=O) groups excluding carboxylic acids is 2. The van der Waals surface area contributed by atoms with Crippen molar-refractivity contribution in [3.05, 3.63) is 59.4 Å². The molecule has 0 fully saturated rings. The number of rotatable bonds is 10. The number of alkyl halides is 1. The second-order valence-electron chi connectivity index (χ2n) is 7.47. The zero-order chi connectivity index (χ0) is 19.8. The zero-order valence-corrected chi connectivity index (χ0v) is 18.0. The van der Waals surface area contributed by atoms with Gasteiger partial charge in [0.2, 0.25) is 0 Å². The molecule has 0 bridgehead atoms. The van der Waals surface area contributed by atoms with Crippen LogP contribution in [0.1, 0.15) is 71.4 Å². The summed E-state index contributed by atoms with van der Waals surface area (Å²) in [5.74, 6) is 0.0551. The van der Waals surface area contributed by atoms with E-state index in [0.717, 1.165) is 30.3 Å². The minimum Gasteiger partial charge on any atom is -0.343 e. The van der Waals surface area contributed by atoms with E-state index in [-0.39, 0.29) is 11.7 Å². The highest BCUT2D eigenvalue weighted by Crippen LogP contribution is 2.22. The molecule has 5 heteroatoms. The van der Waals surface area contributed by atoms with E-state index in [1.165, 1.54) is 25.7 Å². The molecule has 0 unspecified atom stereocenters. The number of benzene rings is 1. The molecule has 2 heterocycles. The topological polar surface area (TPSA) is 42.3 Å². The largest absolute Gasteiger partial charge is 0.343 e. The van der Waals surface area contributed by atoms with Crippen LogP contribution in [-0.4, -0.2) is 33.0 Å². The SMILES string of the molecule is O=C1CCN(Cc2ccccc2)C(=O)c2c1ccn2CCCCCCCCBr. The first-order chi connectivity index (χ1) is 13.7. The Kier molecular flexibility index (Phi) is 7.90. The van der Waals surface area contributed by atoms with E-state index in [4.69, 9.17) is 0 Å². The quantitative estimate of drug-likeness (QED) is 0.360. The molecule has 1 aliphatic heterocycles. The fourth-order valence-electron chi connectivity index (χ4n) is 3.78. The van der Waals surface area contributed by atoms with Gasteiger partial charge in [-0.2, -0.15) is 0 Å². The van der Waals surface area contributed by atoms with Gasteiger partial charge >= 0.3 is 0 Å². The van der Waals surface area contributed by atoms with Crippen molar-refractivity contribution in [1.29, 1.82) is 0 Å². The third kappa shape index (κ3) is 5.34. The molecule has 1 amide bonds. The van der Waals surface area contributed by atoms with Crippen LogP contribution in [0.3, 0.4) is 0 Å². The first-order valence-electron chi connectivity index (χ1n) is 10.3. The molecular weight excluding hydrogens is 416 g/mol. The van der Waals surface area contributed by atoms with Gasteiger partial charge in [0, 0.05) is 43.1 Å². The number of aromatic nitrogens is 1. The van der Waals surface area contributed by atoms with E-state index in [1.54, 1.807) is 0 Å². The molecule has 150 valence electrons. The number of hydrogen-bond donors (Lipinski definition) is 0. The summed E-state index contributed by atoms with van der Waals surface area (Å²) in [6, 6.07) is 11.8. The van der Waals surface area contributed by atoms with Gasteiger partial charge in [-0.15, -0.1) is 0 Å². The van der Waals surface area contributed by atoms with Crippen LogP contribution in [0.2, 0.25) is 0 Å². The Morgan fingerprint density at radius 3 is 2.36 bits per heavy atom. The number of ketones is 1. The number of hydrogen-bond acceptors (Lipinski definition) is 2. The summed E-state index contributed by atoms with van der Waals surface area (Å²) in [5.41, 5.74) is 2.27. The monoisotopic (exact) mass is 444 g/mol. The molecule has 1 aromatic carbocycles. The number of Topliss-reactive ketones (excluding diaryl/α,β-unsaturated/α-hetero) is 1. The van der Waals surface area contributed by atoms with Crippen LogP contribution in [0.25, 0.3) is 0 Å². The van der Waals surface area contributed by atoms with Crippen LogP contribution in [0.15, 0.2) is 42.6 Å². The van der Waals surface area contributed by atoms with Crippen molar-refractivity contribution in [2.75, 3.05) is 11.9 Å². The summed E-state index contributed by atoms with van der Waals surface area (Å²) in [4.78, 5) is 27.6. The Labute approximate surface area is 176 Å². The number of amides is 1. The van der Waals surface area contributed by atoms with Gasteiger partial charge in [-0.3, -0.25) is 9.59 Å². The smallest absolute Gasteiger partial charge is 0.271 e. The van der Waals surface area contributed by atoms with Crippen molar-refractivity contribution >= 4 is 27.6 Å². The molecule has 3 rings (SSSR count). The molecule has 4 nitrogen and oxygen atoms in total. The molecule has 28 heavy (non-hydrogen) atoms. The predicted octanol–water partition coefficient (Wildman–Crippen LogP) is 5.45. The standard InChI is InChI=1S/C23H29BrN2O2/c24-14-8-3-1-2-4-9-15-25-16-12-20-21(27)13-17-26(23(28)22(20)25)18-19-10-6-5-7-11-19/h5-7,10-12,16H,1-4,8-9,13-15,17-18H2. The Bertz CT molecular complexity index is 785. The van der Waals surface area contributed by atoms with Crippen LogP contribution in [0.4, 0.5) is 0 Å². The van der Waals surface area contributed by atoms with Crippen LogP contribution in [-0.2, 0) is 13.1 Å². The number of carbonyl (C=O) groups is 2. The molecule has 0 radical (unpaired) electrons. The molecule has 0 aliphatic carbocycles. The Hall–Kier alpha value is -1.88. The van der Waals surface area contributed by atoms with Gasteiger partial charge in [0.05, 0.1) is 0 Å². The summed E-state index contributed by atoms with van der Waals surface area (Å²) in [7, 11) is 0. The second-order valence-corrected chi connectivity index (χ2v) is 8.26. The van der Waals surface area contributed by atoms with Gasteiger partial charge in [-0.05, 0) is 24.5 Å². The fourth-order valence-corrected chi connectivity index (χ4v) is 4.18. The Balaban J connectivity index is 1.65. The molecule has 0 atom stereocenters. The maximum Gasteiger partial charge on any atom is 0.271 e. The average Bonchev–Trinajstić information content (AvgIpc) is 3.09. The lowest BCUT2D eigenvalue weighted by Crippen LogP contribution is -2.32. The molecular formula is C23H29BrN2O2. The fraction of sp³-hybridized carbons (Fsp3) is 0.478. The van der Waals surface area contributed by atoms with Crippen LogP contribution in [0, 0.1) is 0 Å². The van der Waals surface area contributed by atoms with E-state index in [9.17, 15) is 9.59 Å². The zero-order valence-electron chi connectivity index (χ0n) is 16.4.